The van der Waals surface area contributed by atoms with Gasteiger partial charge in [-0.3, -0.25) is 4.79 Å². The number of ether oxygens (including phenoxy) is 1. The SMILES string of the molecule is CCOC(=O)C1(C2CCC3(CCOO3)CC2)CCNCC1. The van der Waals surface area contributed by atoms with Crippen LogP contribution >= 0.6 is 0 Å². The second-order valence-electron chi connectivity index (χ2n) is 6.74. The molecule has 0 unspecified atom stereocenters. The topological polar surface area (TPSA) is 56.8 Å². The highest BCUT2D eigenvalue weighted by molar-refractivity contribution is 5.77. The molecule has 0 bridgehead atoms. The van der Waals surface area contributed by atoms with E-state index in [1.807, 2.05) is 6.92 Å². The van der Waals surface area contributed by atoms with Crippen molar-refractivity contribution in [3.63, 3.8) is 0 Å². The fraction of sp³-hybridized carbons (Fsp3) is 0.938. The predicted octanol–water partition coefficient (Wildman–Crippen LogP) is 2.20. The van der Waals surface area contributed by atoms with Crippen LogP contribution in [0.4, 0.5) is 0 Å². The summed E-state index contributed by atoms with van der Waals surface area (Å²) in [7, 11) is 0. The number of hydrogen-bond donors (Lipinski definition) is 1. The van der Waals surface area contributed by atoms with Crippen LogP contribution in [-0.4, -0.2) is 37.9 Å². The van der Waals surface area contributed by atoms with E-state index >= 15 is 0 Å². The van der Waals surface area contributed by atoms with Crippen LogP contribution in [0.25, 0.3) is 0 Å². The average molecular weight is 297 g/mol. The zero-order valence-corrected chi connectivity index (χ0v) is 13.0. The van der Waals surface area contributed by atoms with Gasteiger partial charge in [-0.05, 0) is 64.5 Å². The summed E-state index contributed by atoms with van der Waals surface area (Å²) in [6.45, 7) is 4.91. The van der Waals surface area contributed by atoms with Crippen molar-refractivity contribution in [3.05, 3.63) is 0 Å². The van der Waals surface area contributed by atoms with E-state index in [2.05, 4.69) is 5.32 Å². The third-order valence-electron chi connectivity index (χ3n) is 5.73. The lowest BCUT2D eigenvalue weighted by molar-refractivity contribution is -0.316. The van der Waals surface area contributed by atoms with Crippen molar-refractivity contribution in [2.75, 3.05) is 26.3 Å². The van der Waals surface area contributed by atoms with Gasteiger partial charge >= 0.3 is 5.97 Å². The third-order valence-corrected chi connectivity index (χ3v) is 5.73. The molecule has 1 saturated carbocycles. The average Bonchev–Trinajstić information content (AvgIpc) is 2.97. The van der Waals surface area contributed by atoms with E-state index in [0.717, 1.165) is 58.0 Å². The Morgan fingerprint density at radius 1 is 1.19 bits per heavy atom. The van der Waals surface area contributed by atoms with E-state index < -0.39 is 0 Å². The number of hydrogen-bond acceptors (Lipinski definition) is 5. The minimum Gasteiger partial charge on any atom is -0.466 e. The van der Waals surface area contributed by atoms with Gasteiger partial charge in [0.25, 0.3) is 0 Å². The molecule has 3 rings (SSSR count). The summed E-state index contributed by atoms with van der Waals surface area (Å²) >= 11 is 0. The molecule has 0 amide bonds. The highest BCUT2D eigenvalue weighted by Crippen LogP contribution is 2.50. The highest BCUT2D eigenvalue weighted by atomic mass is 17.2. The van der Waals surface area contributed by atoms with Crippen molar-refractivity contribution in [2.45, 2.75) is 57.5 Å². The first-order valence-electron chi connectivity index (χ1n) is 8.39. The lowest BCUT2D eigenvalue weighted by atomic mass is 9.61. The van der Waals surface area contributed by atoms with Gasteiger partial charge in [-0.15, -0.1) is 0 Å². The van der Waals surface area contributed by atoms with Gasteiger partial charge in [0.2, 0.25) is 0 Å². The monoisotopic (exact) mass is 297 g/mol. The molecule has 1 N–H and O–H groups in total. The Hall–Kier alpha value is -0.650. The maximum Gasteiger partial charge on any atom is 0.312 e. The highest BCUT2D eigenvalue weighted by Gasteiger charge is 2.51. The van der Waals surface area contributed by atoms with Crippen molar-refractivity contribution in [1.29, 1.82) is 0 Å². The van der Waals surface area contributed by atoms with Gasteiger partial charge in [-0.2, -0.15) is 0 Å². The summed E-state index contributed by atoms with van der Waals surface area (Å²) in [4.78, 5) is 23.3. The molecule has 3 fully saturated rings. The molecule has 0 aromatic rings. The zero-order valence-electron chi connectivity index (χ0n) is 13.0. The molecule has 2 aliphatic heterocycles. The summed E-state index contributed by atoms with van der Waals surface area (Å²) in [5.74, 6) is 0.449. The lowest BCUT2D eigenvalue weighted by Gasteiger charge is -2.46. The molecule has 2 saturated heterocycles. The summed E-state index contributed by atoms with van der Waals surface area (Å²) in [5, 5.41) is 3.37. The summed E-state index contributed by atoms with van der Waals surface area (Å²) in [6.07, 6.45) is 6.90. The van der Waals surface area contributed by atoms with Crippen molar-refractivity contribution in [3.8, 4) is 0 Å². The van der Waals surface area contributed by atoms with Crippen molar-refractivity contribution >= 4 is 5.97 Å². The first-order chi connectivity index (χ1) is 10.2. The molecular formula is C16H27NO4. The minimum absolute atomic E-state index is 0.0241. The van der Waals surface area contributed by atoms with E-state index in [4.69, 9.17) is 14.5 Å². The van der Waals surface area contributed by atoms with E-state index in [1.165, 1.54) is 0 Å². The number of esters is 1. The van der Waals surface area contributed by atoms with Crippen LogP contribution < -0.4 is 5.32 Å². The Balaban J connectivity index is 1.70. The number of nitrogens with one attached hydrogen (secondary N) is 1. The first-order valence-corrected chi connectivity index (χ1v) is 8.39. The largest absolute Gasteiger partial charge is 0.466 e. The van der Waals surface area contributed by atoms with Gasteiger partial charge in [-0.25, -0.2) is 9.78 Å². The molecule has 0 aromatic heterocycles. The standard InChI is InChI=1S/C16H27NO4/c1-2-19-14(18)16(7-10-17-11-8-16)13-3-5-15(6-4-13)9-12-20-21-15/h13,17H,2-12H2,1H3. The second-order valence-corrected chi connectivity index (χ2v) is 6.74. The quantitative estimate of drug-likeness (QED) is 0.639. The van der Waals surface area contributed by atoms with Gasteiger partial charge in [0.1, 0.15) is 5.60 Å². The van der Waals surface area contributed by atoms with Crippen molar-refractivity contribution < 1.29 is 19.3 Å². The van der Waals surface area contributed by atoms with E-state index in [9.17, 15) is 4.79 Å². The Morgan fingerprint density at radius 2 is 1.90 bits per heavy atom. The molecule has 0 aromatic carbocycles. The molecule has 0 radical (unpaired) electrons. The van der Waals surface area contributed by atoms with Gasteiger partial charge in [0.05, 0.1) is 18.6 Å². The lowest BCUT2D eigenvalue weighted by Crippen LogP contribution is -2.50. The molecular weight excluding hydrogens is 270 g/mol. The zero-order chi connectivity index (χ0) is 14.8. The summed E-state index contributed by atoms with van der Waals surface area (Å²) < 4.78 is 5.43. The Bertz CT molecular complexity index is 362. The second kappa shape index (κ2) is 6.23. The van der Waals surface area contributed by atoms with Crippen LogP contribution in [0.2, 0.25) is 0 Å². The smallest absolute Gasteiger partial charge is 0.312 e. The maximum atomic E-state index is 12.6. The molecule has 5 heteroatoms. The summed E-state index contributed by atoms with van der Waals surface area (Å²) in [5.41, 5.74) is -0.346. The number of carbonyl (C=O) groups is 1. The van der Waals surface area contributed by atoms with E-state index in [-0.39, 0.29) is 17.0 Å². The predicted molar refractivity (Wildman–Crippen MR) is 77.5 cm³/mol. The van der Waals surface area contributed by atoms with E-state index in [0.29, 0.717) is 19.1 Å². The molecule has 120 valence electrons. The van der Waals surface area contributed by atoms with Gasteiger partial charge < -0.3 is 10.1 Å². The Labute approximate surface area is 126 Å². The van der Waals surface area contributed by atoms with Gasteiger partial charge in [-0.1, -0.05) is 0 Å². The minimum atomic E-state index is -0.275. The maximum absolute atomic E-state index is 12.6. The third kappa shape index (κ3) is 2.83. The van der Waals surface area contributed by atoms with Crippen LogP contribution in [0.5, 0.6) is 0 Å². The number of piperidine rings is 1. The van der Waals surface area contributed by atoms with Gasteiger partial charge in [0, 0.05) is 6.42 Å². The van der Waals surface area contributed by atoms with Crippen LogP contribution in [0.15, 0.2) is 0 Å². The molecule has 1 aliphatic carbocycles. The Morgan fingerprint density at radius 3 is 2.48 bits per heavy atom. The molecule has 3 aliphatic rings. The fourth-order valence-corrected chi connectivity index (χ4v) is 4.39. The molecule has 2 heterocycles. The van der Waals surface area contributed by atoms with Gasteiger partial charge in [0.15, 0.2) is 0 Å². The van der Waals surface area contributed by atoms with Crippen molar-refractivity contribution in [1.82, 2.24) is 5.32 Å². The fourth-order valence-electron chi connectivity index (χ4n) is 4.39. The van der Waals surface area contributed by atoms with Crippen LogP contribution in [0.3, 0.4) is 0 Å². The molecule has 21 heavy (non-hydrogen) atoms. The molecule has 1 spiro atoms. The van der Waals surface area contributed by atoms with E-state index in [1.54, 1.807) is 0 Å². The number of rotatable bonds is 3. The van der Waals surface area contributed by atoms with Crippen molar-refractivity contribution in [2.24, 2.45) is 11.3 Å². The van der Waals surface area contributed by atoms with Crippen LogP contribution in [0.1, 0.15) is 51.9 Å². The molecule has 5 nitrogen and oxygen atoms in total. The first kappa shape index (κ1) is 15.3. The van der Waals surface area contributed by atoms with Crippen LogP contribution in [-0.2, 0) is 19.3 Å². The number of carbonyl (C=O) groups excluding carboxylic acids is 1. The molecule has 0 atom stereocenters. The normalized spacial score (nSPS) is 35.8. The van der Waals surface area contributed by atoms with Crippen LogP contribution in [0, 0.1) is 11.3 Å². The Kier molecular flexibility index (Phi) is 4.52. The summed E-state index contributed by atoms with van der Waals surface area (Å²) in [6, 6.07) is 0.